The maximum Gasteiger partial charge on any atom is 0.229 e. The molecular weight excluding hydrogens is 550 g/mol. The SMILES string of the molecule is CCNc1nc(Nc2ccc(-n3ncnc3C)c(F)c2)nc2c1CN(Cc1ccc(OC)cc1)CC2c1ccc(F)cc1. The van der Waals surface area contributed by atoms with Crippen molar-refractivity contribution >= 4 is 17.5 Å². The summed E-state index contributed by atoms with van der Waals surface area (Å²) >= 11 is 0. The zero-order valence-corrected chi connectivity index (χ0v) is 24.2. The first-order chi connectivity index (χ1) is 20.9. The van der Waals surface area contributed by atoms with Gasteiger partial charge in [-0.05, 0) is 67.4 Å². The van der Waals surface area contributed by atoms with E-state index in [9.17, 15) is 4.39 Å². The van der Waals surface area contributed by atoms with Crippen LogP contribution >= 0.6 is 0 Å². The molecule has 2 N–H and O–H groups in total. The van der Waals surface area contributed by atoms with Crippen LogP contribution in [0.5, 0.6) is 5.75 Å². The van der Waals surface area contributed by atoms with Gasteiger partial charge in [-0.1, -0.05) is 24.3 Å². The van der Waals surface area contributed by atoms with E-state index < -0.39 is 5.82 Å². The molecular formula is C32H32F2N8O. The Balaban J connectivity index is 1.36. The fourth-order valence-corrected chi connectivity index (χ4v) is 5.44. The molecule has 0 fully saturated rings. The molecule has 0 spiro atoms. The van der Waals surface area contributed by atoms with Crippen molar-refractivity contribution < 1.29 is 13.5 Å². The Morgan fingerprint density at radius 1 is 1.00 bits per heavy atom. The number of aromatic nitrogens is 5. The first-order valence-electron chi connectivity index (χ1n) is 14.1. The van der Waals surface area contributed by atoms with E-state index in [2.05, 4.69) is 37.7 Å². The standard InChI is InChI=1S/C32H32F2N8O/c1-4-35-31-27-18-41(16-21-5-12-25(43-3)13-6-21)17-26(22-7-9-23(33)10-8-22)30(27)39-32(40-31)38-24-11-14-29(28(34)15-24)42-20(2)36-19-37-42/h5-15,19,26H,4,16-18H2,1-3H3,(H2,35,38,39,40). The molecule has 1 atom stereocenters. The summed E-state index contributed by atoms with van der Waals surface area (Å²) < 4.78 is 35.8. The first kappa shape index (κ1) is 28.2. The van der Waals surface area contributed by atoms with Gasteiger partial charge in [0.2, 0.25) is 5.95 Å². The molecule has 0 radical (unpaired) electrons. The van der Waals surface area contributed by atoms with E-state index in [0.717, 1.165) is 28.1 Å². The minimum absolute atomic E-state index is 0.141. The Kier molecular flexibility index (Phi) is 7.97. The number of fused-ring (bicyclic) bond motifs is 1. The normalized spacial score (nSPS) is 14.8. The number of benzene rings is 3. The predicted octanol–water partition coefficient (Wildman–Crippen LogP) is 5.98. The highest BCUT2D eigenvalue weighted by Gasteiger charge is 2.31. The Morgan fingerprint density at radius 3 is 2.47 bits per heavy atom. The highest BCUT2D eigenvalue weighted by atomic mass is 19.1. The van der Waals surface area contributed by atoms with Gasteiger partial charge in [0.15, 0.2) is 5.82 Å². The number of methoxy groups -OCH3 is 1. The number of ether oxygens (including phenoxy) is 1. The molecule has 1 aliphatic heterocycles. The summed E-state index contributed by atoms with van der Waals surface area (Å²) in [6.07, 6.45) is 1.39. The number of aryl methyl sites for hydroxylation is 1. The summed E-state index contributed by atoms with van der Waals surface area (Å²) in [7, 11) is 1.65. The molecule has 0 bridgehead atoms. The van der Waals surface area contributed by atoms with Gasteiger partial charge < -0.3 is 15.4 Å². The predicted molar refractivity (Wildman–Crippen MR) is 161 cm³/mol. The van der Waals surface area contributed by atoms with Crippen LogP contribution in [0.1, 0.15) is 41.1 Å². The Labute approximate surface area is 248 Å². The van der Waals surface area contributed by atoms with Crippen molar-refractivity contribution in [3.63, 3.8) is 0 Å². The van der Waals surface area contributed by atoms with Crippen molar-refractivity contribution in [2.45, 2.75) is 32.9 Å². The average molecular weight is 583 g/mol. The van der Waals surface area contributed by atoms with Crippen LogP contribution < -0.4 is 15.4 Å². The van der Waals surface area contributed by atoms with Crippen LogP contribution in [0, 0.1) is 18.6 Å². The van der Waals surface area contributed by atoms with Crippen LogP contribution in [-0.2, 0) is 13.1 Å². The number of anilines is 3. The largest absolute Gasteiger partial charge is 0.497 e. The number of nitrogens with zero attached hydrogens (tertiary/aromatic N) is 6. The van der Waals surface area contributed by atoms with Gasteiger partial charge >= 0.3 is 0 Å². The Bertz CT molecular complexity index is 1720. The van der Waals surface area contributed by atoms with Crippen LogP contribution in [0.3, 0.4) is 0 Å². The van der Waals surface area contributed by atoms with Crippen LogP contribution in [0.15, 0.2) is 73.1 Å². The molecule has 2 aromatic heterocycles. The van der Waals surface area contributed by atoms with Crippen molar-refractivity contribution in [3.8, 4) is 11.4 Å². The molecule has 220 valence electrons. The van der Waals surface area contributed by atoms with Crippen molar-refractivity contribution in [2.24, 2.45) is 0 Å². The highest BCUT2D eigenvalue weighted by Crippen LogP contribution is 2.37. The molecule has 3 aromatic carbocycles. The quantitative estimate of drug-likeness (QED) is 0.220. The lowest BCUT2D eigenvalue weighted by Crippen LogP contribution is -2.35. The lowest BCUT2D eigenvalue weighted by Gasteiger charge is -2.35. The summed E-state index contributed by atoms with van der Waals surface area (Å²) in [5, 5.41) is 10.7. The second-order valence-corrected chi connectivity index (χ2v) is 10.4. The number of rotatable bonds is 9. The van der Waals surface area contributed by atoms with Gasteiger partial charge in [-0.25, -0.2) is 23.4 Å². The van der Waals surface area contributed by atoms with Crippen molar-refractivity contribution in [3.05, 3.63) is 113 Å². The zero-order chi connectivity index (χ0) is 29.9. The fraction of sp³-hybridized carbons (Fsp3) is 0.250. The number of nitrogens with one attached hydrogen (secondary N) is 2. The Hall–Kier alpha value is -4.90. The number of hydrogen-bond donors (Lipinski definition) is 2. The lowest BCUT2D eigenvalue weighted by atomic mass is 9.88. The third-order valence-electron chi connectivity index (χ3n) is 7.52. The topological polar surface area (TPSA) is 93.0 Å². The number of hydrogen-bond acceptors (Lipinski definition) is 8. The van der Waals surface area contributed by atoms with Gasteiger partial charge in [-0.2, -0.15) is 10.1 Å². The van der Waals surface area contributed by atoms with Crippen LogP contribution in [0.25, 0.3) is 5.69 Å². The molecule has 11 heteroatoms. The molecule has 43 heavy (non-hydrogen) atoms. The molecule has 9 nitrogen and oxygen atoms in total. The smallest absolute Gasteiger partial charge is 0.229 e. The summed E-state index contributed by atoms with van der Waals surface area (Å²) in [5.74, 6) is 1.55. The molecule has 3 heterocycles. The van der Waals surface area contributed by atoms with E-state index >= 15 is 4.39 Å². The zero-order valence-electron chi connectivity index (χ0n) is 24.2. The monoisotopic (exact) mass is 582 g/mol. The molecule has 0 aliphatic carbocycles. The third kappa shape index (κ3) is 6.02. The van der Waals surface area contributed by atoms with Gasteiger partial charge in [0.05, 0.1) is 12.8 Å². The second-order valence-electron chi connectivity index (χ2n) is 10.4. The summed E-state index contributed by atoms with van der Waals surface area (Å²) in [6.45, 7) is 6.44. The minimum Gasteiger partial charge on any atom is -0.497 e. The van der Waals surface area contributed by atoms with E-state index in [4.69, 9.17) is 14.7 Å². The van der Waals surface area contributed by atoms with Crippen molar-refractivity contribution in [1.82, 2.24) is 29.6 Å². The highest BCUT2D eigenvalue weighted by molar-refractivity contribution is 5.61. The molecule has 5 aromatic rings. The Morgan fingerprint density at radius 2 is 1.79 bits per heavy atom. The van der Waals surface area contributed by atoms with E-state index in [1.807, 2.05) is 31.2 Å². The summed E-state index contributed by atoms with van der Waals surface area (Å²) in [4.78, 5) is 16.2. The molecule has 0 saturated heterocycles. The molecule has 6 rings (SSSR count). The molecule has 1 unspecified atom stereocenters. The maximum absolute atomic E-state index is 15.1. The van der Waals surface area contributed by atoms with Crippen LogP contribution in [0.2, 0.25) is 0 Å². The first-order valence-corrected chi connectivity index (χ1v) is 14.1. The van der Waals surface area contributed by atoms with Gasteiger partial charge in [0.25, 0.3) is 0 Å². The molecule has 0 amide bonds. The van der Waals surface area contributed by atoms with Crippen LogP contribution in [-0.4, -0.2) is 49.8 Å². The lowest BCUT2D eigenvalue weighted by molar-refractivity contribution is 0.229. The molecule has 0 saturated carbocycles. The third-order valence-corrected chi connectivity index (χ3v) is 7.52. The summed E-state index contributed by atoms with van der Waals surface area (Å²) in [6, 6.07) is 19.4. The summed E-state index contributed by atoms with van der Waals surface area (Å²) in [5.41, 5.74) is 4.72. The van der Waals surface area contributed by atoms with E-state index in [-0.39, 0.29) is 11.7 Å². The van der Waals surface area contributed by atoms with E-state index in [1.54, 1.807) is 26.2 Å². The van der Waals surface area contributed by atoms with Gasteiger partial charge in [-0.3, -0.25) is 4.90 Å². The molecule has 1 aliphatic rings. The fourth-order valence-electron chi connectivity index (χ4n) is 5.44. The average Bonchev–Trinajstić information content (AvgIpc) is 3.43. The van der Waals surface area contributed by atoms with Crippen molar-refractivity contribution in [2.75, 3.05) is 30.8 Å². The van der Waals surface area contributed by atoms with Crippen molar-refractivity contribution in [1.29, 1.82) is 0 Å². The maximum atomic E-state index is 15.1. The van der Waals surface area contributed by atoms with Gasteiger partial charge in [0.1, 0.15) is 35.2 Å². The van der Waals surface area contributed by atoms with E-state index in [0.29, 0.717) is 55.1 Å². The van der Waals surface area contributed by atoms with Gasteiger partial charge in [-0.15, -0.1) is 0 Å². The minimum atomic E-state index is -0.457. The van der Waals surface area contributed by atoms with E-state index in [1.165, 1.54) is 29.2 Å². The second kappa shape index (κ2) is 12.1. The van der Waals surface area contributed by atoms with Crippen LogP contribution in [0.4, 0.5) is 26.2 Å². The number of halogens is 2. The van der Waals surface area contributed by atoms with Gasteiger partial charge in [0, 0.05) is 43.3 Å².